The van der Waals surface area contributed by atoms with E-state index < -0.39 is 6.04 Å². The van der Waals surface area contributed by atoms with E-state index in [4.69, 9.17) is 11.0 Å². The van der Waals surface area contributed by atoms with Gasteiger partial charge in [-0.15, -0.1) is 0 Å². The molecule has 0 saturated heterocycles. The predicted octanol–water partition coefficient (Wildman–Crippen LogP) is 2.80. The Labute approximate surface area is 102 Å². The van der Waals surface area contributed by atoms with E-state index in [0.29, 0.717) is 6.42 Å². The van der Waals surface area contributed by atoms with Crippen molar-refractivity contribution in [3.8, 4) is 6.07 Å². The number of rotatable bonds is 3. The van der Waals surface area contributed by atoms with Crippen molar-refractivity contribution in [3.05, 3.63) is 47.5 Å². The van der Waals surface area contributed by atoms with Gasteiger partial charge in [0.15, 0.2) is 0 Å². The molecule has 1 unspecified atom stereocenters. The standard InChI is InChI=1S/C15H16N2/c1-2-11-5-3-6-12-7-4-8-13(15(11)12)9-14(17)10-16/h3-8,14H,2,9,17H2,1H3. The van der Waals surface area contributed by atoms with Crippen LogP contribution in [-0.2, 0) is 12.8 Å². The third-order valence-electron chi connectivity index (χ3n) is 3.06. The number of hydrogen-bond acceptors (Lipinski definition) is 2. The van der Waals surface area contributed by atoms with Crippen molar-refractivity contribution in [3.63, 3.8) is 0 Å². The lowest BCUT2D eigenvalue weighted by molar-refractivity contribution is 0.827. The molecule has 0 aliphatic carbocycles. The van der Waals surface area contributed by atoms with Gasteiger partial charge in [-0.05, 0) is 28.3 Å². The summed E-state index contributed by atoms with van der Waals surface area (Å²) in [6, 6.07) is 14.2. The van der Waals surface area contributed by atoms with Crippen LogP contribution < -0.4 is 5.73 Å². The number of nitrogens with two attached hydrogens (primary N) is 1. The Bertz CT molecular complexity index is 561. The molecular weight excluding hydrogens is 208 g/mol. The Kier molecular flexibility index (Phi) is 3.41. The summed E-state index contributed by atoms with van der Waals surface area (Å²) in [5.74, 6) is 0. The van der Waals surface area contributed by atoms with E-state index in [0.717, 1.165) is 6.42 Å². The summed E-state index contributed by atoms with van der Waals surface area (Å²) in [5, 5.41) is 11.3. The quantitative estimate of drug-likeness (QED) is 0.871. The minimum absolute atomic E-state index is 0.425. The van der Waals surface area contributed by atoms with Gasteiger partial charge in [-0.25, -0.2) is 0 Å². The first-order valence-electron chi connectivity index (χ1n) is 5.91. The van der Waals surface area contributed by atoms with Gasteiger partial charge in [0.05, 0.1) is 12.1 Å². The van der Waals surface area contributed by atoms with Gasteiger partial charge in [-0.3, -0.25) is 0 Å². The lowest BCUT2D eigenvalue weighted by Crippen LogP contribution is -2.20. The van der Waals surface area contributed by atoms with Gasteiger partial charge in [0.1, 0.15) is 0 Å². The van der Waals surface area contributed by atoms with Crippen molar-refractivity contribution in [2.24, 2.45) is 5.73 Å². The summed E-state index contributed by atoms with van der Waals surface area (Å²) in [7, 11) is 0. The van der Waals surface area contributed by atoms with Crippen LogP contribution >= 0.6 is 0 Å². The molecule has 2 nitrogen and oxygen atoms in total. The van der Waals surface area contributed by atoms with Crippen molar-refractivity contribution in [1.29, 1.82) is 5.26 Å². The molecule has 2 heteroatoms. The first-order valence-corrected chi connectivity index (χ1v) is 5.91. The number of benzene rings is 2. The summed E-state index contributed by atoms with van der Waals surface area (Å²) in [6.45, 7) is 2.15. The number of hydrogen-bond donors (Lipinski definition) is 1. The van der Waals surface area contributed by atoms with Crippen LogP contribution in [0.5, 0.6) is 0 Å². The topological polar surface area (TPSA) is 49.8 Å². The second-order valence-corrected chi connectivity index (χ2v) is 4.23. The van der Waals surface area contributed by atoms with Gasteiger partial charge in [0.2, 0.25) is 0 Å². The average molecular weight is 224 g/mol. The summed E-state index contributed by atoms with van der Waals surface area (Å²) in [4.78, 5) is 0. The highest BCUT2D eigenvalue weighted by Gasteiger charge is 2.08. The van der Waals surface area contributed by atoms with E-state index in [2.05, 4.69) is 43.3 Å². The summed E-state index contributed by atoms with van der Waals surface area (Å²) in [5.41, 5.74) is 8.22. The zero-order chi connectivity index (χ0) is 12.3. The van der Waals surface area contributed by atoms with Crippen LogP contribution in [0.25, 0.3) is 10.8 Å². The van der Waals surface area contributed by atoms with Crippen LogP contribution in [0.2, 0.25) is 0 Å². The zero-order valence-corrected chi connectivity index (χ0v) is 9.98. The normalized spacial score (nSPS) is 12.3. The van der Waals surface area contributed by atoms with Gasteiger partial charge < -0.3 is 5.73 Å². The number of nitriles is 1. The molecule has 17 heavy (non-hydrogen) atoms. The van der Waals surface area contributed by atoms with Gasteiger partial charge in [-0.2, -0.15) is 5.26 Å². The second-order valence-electron chi connectivity index (χ2n) is 4.23. The first-order chi connectivity index (χ1) is 8.26. The van der Waals surface area contributed by atoms with Gasteiger partial charge in [0.25, 0.3) is 0 Å². The molecule has 2 aromatic rings. The lowest BCUT2D eigenvalue weighted by atomic mass is 9.94. The van der Waals surface area contributed by atoms with Gasteiger partial charge in [0, 0.05) is 6.42 Å². The van der Waals surface area contributed by atoms with Gasteiger partial charge >= 0.3 is 0 Å². The maximum Gasteiger partial charge on any atom is 0.0969 e. The van der Waals surface area contributed by atoms with Crippen molar-refractivity contribution >= 4 is 10.8 Å². The van der Waals surface area contributed by atoms with Crippen LogP contribution in [-0.4, -0.2) is 6.04 Å². The minimum Gasteiger partial charge on any atom is -0.316 e. The summed E-state index contributed by atoms with van der Waals surface area (Å²) in [6.07, 6.45) is 1.61. The number of aryl methyl sites for hydroxylation is 1. The van der Waals surface area contributed by atoms with Crippen LogP contribution in [0.3, 0.4) is 0 Å². The van der Waals surface area contributed by atoms with Crippen LogP contribution in [0.1, 0.15) is 18.1 Å². The Morgan fingerprint density at radius 3 is 2.41 bits per heavy atom. The van der Waals surface area contributed by atoms with E-state index in [1.165, 1.54) is 21.9 Å². The molecule has 0 bridgehead atoms. The molecule has 0 amide bonds. The molecule has 0 radical (unpaired) electrons. The Morgan fingerprint density at radius 2 is 1.82 bits per heavy atom. The zero-order valence-electron chi connectivity index (χ0n) is 9.98. The maximum atomic E-state index is 8.82. The monoisotopic (exact) mass is 224 g/mol. The molecule has 2 aromatic carbocycles. The molecule has 0 aromatic heterocycles. The maximum absolute atomic E-state index is 8.82. The Balaban J connectivity index is 2.59. The van der Waals surface area contributed by atoms with Crippen molar-refractivity contribution in [1.82, 2.24) is 0 Å². The number of fused-ring (bicyclic) bond motifs is 1. The van der Waals surface area contributed by atoms with E-state index in [-0.39, 0.29) is 0 Å². The fourth-order valence-corrected chi connectivity index (χ4v) is 2.25. The molecule has 2 rings (SSSR count). The Hall–Kier alpha value is -1.85. The second kappa shape index (κ2) is 4.99. The molecule has 0 aliphatic heterocycles. The molecule has 2 N–H and O–H groups in total. The summed E-state index contributed by atoms with van der Waals surface area (Å²) >= 11 is 0. The molecule has 0 aliphatic rings. The average Bonchev–Trinajstić information content (AvgIpc) is 2.38. The molecule has 0 saturated carbocycles. The highest BCUT2D eigenvalue weighted by atomic mass is 14.6. The van der Waals surface area contributed by atoms with Crippen molar-refractivity contribution in [2.45, 2.75) is 25.8 Å². The van der Waals surface area contributed by atoms with E-state index in [9.17, 15) is 0 Å². The first kappa shape index (κ1) is 11.6. The van der Waals surface area contributed by atoms with Crippen molar-refractivity contribution in [2.75, 3.05) is 0 Å². The van der Waals surface area contributed by atoms with Crippen LogP contribution in [0.15, 0.2) is 36.4 Å². The van der Waals surface area contributed by atoms with E-state index in [1.807, 2.05) is 6.07 Å². The smallest absolute Gasteiger partial charge is 0.0969 e. The highest BCUT2D eigenvalue weighted by molar-refractivity contribution is 5.89. The molecule has 86 valence electrons. The van der Waals surface area contributed by atoms with Crippen LogP contribution in [0, 0.1) is 11.3 Å². The van der Waals surface area contributed by atoms with Crippen molar-refractivity contribution < 1.29 is 0 Å². The largest absolute Gasteiger partial charge is 0.316 e. The summed E-state index contributed by atoms with van der Waals surface area (Å²) < 4.78 is 0. The fraction of sp³-hybridized carbons (Fsp3) is 0.267. The Morgan fingerprint density at radius 1 is 1.18 bits per heavy atom. The molecule has 0 heterocycles. The van der Waals surface area contributed by atoms with E-state index >= 15 is 0 Å². The third kappa shape index (κ3) is 2.30. The lowest BCUT2D eigenvalue weighted by Gasteiger charge is -2.11. The highest BCUT2D eigenvalue weighted by Crippen LogP contribution is 2.24. The fourth-order valence-electron chi connectivity index (χ4n) is 2.25. The van der Waals surface area contributed by atoms with Gasteiger partial charge in [-0.1, -0.05) is 43.3 Å². The molecule has 1 atom stereocenters. The SMILES string of the molecule is CCc1cccc2cccc(CC(N)C#N)c12. The van der Waals surface area contributed by atoms with Crippen LogP contribution in [0.4, 0.5) is 0 Å². The molecule has 0 spiro atoms. The predicted molar refractivity (Wildman–Crippen MR) is 70.6 cm³/mol. The molecule has 0 fully saturated rings. The minimum atomic E-state index is -0.425. The molecular formula is C15H16N2. The number of nitrogens with zero attached hydrogens (tertiary/aromatic N) is 1. The third-order valence-corrected chi connectivity index (χ3v) is 3.06. The van der Waals surface area contributed by atoms with E-state index in [1.54, 1.807) is 0 Å².